The van der Waals surface area contributed by atoms with Crippen LogP contribution in [0.15, 0.2) is 18.2 Å². The molecule has 2 N–H and O–H groups in total. The van der Waals surface area contributed by atoms with Gasteiger partial charge in [-0.2, -0.15) is 0 Å². The average molecular weight is 303 g/mol. The summed E-state index contributed by atoms with van der Waals surface area (Å²) in [5, 5.41) is 0. The van der Waals surface area contributed by atoms with E-state index in [0.29, 0.717) is 31.1 Å². The minimum absolute atomic E-state index is 0.197. The van der Waals surface area contributed by atoms with Crippen molar-refractivity contribution in [2.45, 2.75) is 32.7 Å². The van der Waals surface area contributed by atoms with Crippen LogP contribution in [-0.2, 0) is 4.74 Å². The van der Waals surface area contributed by atoms with Crippen LogP contribution in [0.5, 0.6) is 11.5 Å². The van der Waals surface area contributed by atoms with Gasteiger partial charge in [0.05, 0.1) is 13.2 Å². The molecular weight excluding hydrogens is 280 g/mol. The van der Waals surface area contributed by atoms with Crippen molar-refractivity contribution in [2.75, 3.05) is 26.4 Å². The van der Waals surface area contributed by atoms with Crippen molar-refractivity contribution in [3.05, 3.63) is 23.8 Å². The number of ether oxygens (including phenoxy) is 3. The van der Waals surface area contributed by atoms with Gasteiger partial charge in [-0.15, -0.1) is 0 Å². The summed E-state index contributed by atoms with van der Waals surface area (Å²) in [6.07, 6.45) is -1.98. The lowest BCUT2D eigenvalue weighted by Crippen LogP contribution is -2.15. The molecule has 0 radical (unpaired) electrons. The molecule has 0 saturated heterocycles. The molecule has 0 aliphatic carbocycles. The van der Waals surface area contributed by atoms with E-state index in [9.17, 15) is 8.78 Å². The number of nitrogens with two attached hydrogens (primary N) is 1. The van der Waals surface area contributed by atoms with E-state index in [4.69, 9.17) is 19.9 Å². The fourth-order valence-electron chi connectivity index (χ4n) is 1.85. The van der Waals surface area contributed by atoms with E-state index in [-0.39, 0.29) is 12.6 Å². The lowest BCUT2D eigenvalue weighted by Gasteiger charge is -2.16. The number of halogens is 2. The molecule has 1 aromatic rings. The Morgan fingerprint density at radius 2 is 1.76 bits per heavy atom. The minimum atomic E-state index is -2.45. The molecule has 0 aliphatic heterocycles. The van der Waals surface area contributed by atoms with Crippen molar-refractivity contribution in [2.24, 2.45) is 5.73 Å². The molecule has 0 bridgehead atoms. The van der Waals surface area contributed by atoms with E-state index in [1.54, 1.807) is 0 Å². The van der Waals surface area contributed by atoms with Crippen LogP contribution in [0.25, 0.3) is 0 Å². The zero-order chi connectivity index (χ0) is 15.7. The highest BCUT2D eigenvalue weighted by atomic mass is 19.3. The third kappa shape index (κ3) is 6.27. The fourth-order valence-corrected chi connectivity index (χ4v) is 1.85. The van der Waals surface area contributed by atoms with Crippen LogP contribution in [0, 0.1) is 0 Å². The van der Waals surface area contributed by atoms with E-state index in [0.717, 1.165) is 5.56 Å². The third-order valence-electron chi connectivity index (χ3n) is 2.81. The highest BCUT2D eigenvalue weighted by Gasteiger charge is 2.12. The number of rotatable bonds is 10. The predicted molar refractivity (Wildman–Crippen MR) is 77.1 cm³/mol. The molecule has 1 atom stereocenters. The van der Waals surface area contributed by atoms with Crippen molar-refractivity contribution in [1.82, 2.24) is 0 Å². The van der Waals surface area contributed by atoms with Gasteiger partial charge in [0.25, 0.3) is 6.43 Å². The molecule has 0 aliphatic rings. The largest absolute Gasteiger partial charge is 0.490 e. The summed E-state index contributed by atoms with van der Waals surface area (Å²) in [6.45, 7) is 4.50. The summed E-state index contributed by atoms with van der Waals surface area (Å²) in [4.78, 5) is 0. The lowest BCUT2D eigenvalue weighted by molar-refractivity contribution is 0.0152. The van der Waals surface area contributed by atoms with Gasteiger partial charge in [0, 0.05) is 12.6 Å². The van der Waals surface area contributed by atoms with Gasteiger partial charge in [0.2, 0.25) is 0 Å². The maximum atomic E-state index is 12.0. The Morgan fingerprint density at radius 1 is 1.10 bits per heavy atom. The molecule has 21 heavy (non-hydrogen) atoms. The van der Waals surface area contributed by atoms with Gasteiger partial charge < -0.3 is 19.9 Å². The molecule has 4 nitrogen and oxygen atoms in total. The van der Waals surface area contributed by atoms with Gasteiger partial charge in [-0.3, -0.25) is 0 Å². The molecule has 0 amide bonds. The summed E-state index contributed by atoms with van der Waals surface area (Å²) in [5.74, 6) is 1.31. The average Bonchev–Trinajstić information content (AvgIpc) is 2.45. The third-order valence-corrected chi connectivity index (χ3v) is 2.81. The maximum Gasteiger partial charge on any atom is 0.261 e. The van der Waals surface area contributed by atoms with Gasteiger partial charge in [-0.05, 0) is 38.0 Å². The highest BCUT2D eigenvalue weighted by Crippen LogP contribution is 2.30. The van der Waals surface area contributed by atoms with Crippen LogP contribution in [0.3, 0.4) is 0 Å². The Labute approximate surface area is 124 Å². The molecular formula is C15H23F2NO3. The predicted octanol–water partition coefficient (Wildman–Crippen LogP) is 3.16. The van der Waals surface area contributed by atoms with Crippen molar-refractivity contribution in [3.63, 3.8) is 0 Å². The summed E-state index contributed by atoms with van der Waals surface area (Å²) < 4.78 is 39.7. The zero-order valence-electron chi connectivity index (χ0n) is 12.5. The van der Waals surface area contributed by atoms with Gasteiger partial charge in [0.1, 0.15) is 6.61 Å². The van der Waals surface area contributed by atoms with E-state index < -0.39 is 13.0 Å². The summed E-state index contributed by atoms with van der Waals surface area (Å²) in [7, 11) is 0. The normalized spacial score (nSPS) is 12.5. The Balaban J connectivity index is 2.62. The van der Waals surface area contributed by atoms with Crippen LogP contribution in [0.1, 0.15) is 31.9 Å². The van der Waals surface area contributed by atoms with Crippen molar-refractivity contribution < 1.29 is 23.0 Å². The van der Waals surface area contributed by atoms with Crippen molar-refractivity contribution >= 4 is 0 Å². The van der Waals surface area contributed by atoms with Crippen molar-refractivity contribution in [1.29, 1.82) is 0 Å². The first-order valence-electron chi connectivity index (χ1n) is 7.09. The number of hydrogen-bond acceptors (Lipinski definition) is 4. The van der Waals surface area contributed by atoms with Gasteiger partial charge in [0.15, 0.2) is 11.5 Å². The molecule has 1 aromatic carbocycles. The molecule has 1 unspecified atom stereocenters. The topological polar surface area (TPSA) is 53.7 Å². The molecule has 0 saturated carbocycles. The van der Waals surface area contributed by atoms with Crippen LogP contribution < -0.4 is 15.2 Å². The van der Waals surface area contributed by atoms with E-state index >= 15 is 0 Å². The Bertz CT molecular complexity index is 416. The highest BCUT2D eigenvalue weighted by molar-refractivity contribution is 5.43. The Kier molecular flexibility index (Phi) is 8.00. The number of benzene rings is 1. The molecule has 1 rings (SSSR count). The lowest BCUT2D eigenvalue weighted by atomic mass is 10.0. The SMILES string of the molecule is CCOc1ccc(C(N)CCOCC(F)F)cc1OCC. The number of alkyl halides is 2. The molecule has 0 spiro atoms. The quantitative estimate of drug-likeness (QED) is 0.675. The number of hydrogen-bond donors (Lipinski definition) is 1. The second kappa shape index (κ2) is 9.52. The Morgan fingerprint density at radius 3 is 2.38 bits per heavy atom. The minimum Gasteiger partial charge on any atom is -0.490 e. The van der Waals surface area contributed by atoms with Gasteiger partial charge in [-0.25, -0.2) is 8.78 Å². The van der Waals surface area contributed by atoms with Gasteiger partial charge in [-0.1, -0.05) is 6.07 Å². The van der Waals surface area contributed by atoms with E-state index in [1.807, 2.05) is 32.0 Å². The molecule has 6 heteroatoms. The van der Waals surface area contributed by atoms with E-state index in [2.05, 4.69) is 0 Å². The second-order valence-corrected chi connectivity index (χ2v) is 4.43. The summed E-state index contributed by atoms with van der Waals surface area (Å²) >= 11 is 0. The van der Waals surface area contributed by atoms with Crippen LogP contribution >= 0.6 is 0 Å². The van der Waals surface area contributed by atoms with Crippen molar-refractivity contribution in [3.8, 4) is 11.5 Å². The Hall–Kier alpha value is -1.40. The molecule has 0 fully saturated rings. The molecule has 120 valence electrons. The van der Waals surface area contributed by atoms with Crippen LogP contribution in [-0.4, -0.2) is 32.9 Å². The smallest absolute Gasteiger partial charge is 0.261 e. The summed E-state index contributed by atoms with van der Waals surface area (Å²) in [5.41, 5.74) is 6.90. The van der Waals surface area contributed by atoms with Gasteiger partial charge >= 0.3 is 0 Å². The second-order valence-electron chi connectivity index (χ2n) is 4.43. The molecule has 0 heterocycles. The first-order valence-corrected chi connectivity index (χ1v) is 7.09. The molecule has 0 aromatic heterocycles. The summed E-state index contributed by atoms with van der Waals surface area (Å²) in [6, 6.07) is 5.19. The maximum absolute atomic E-state index is 12.0. The van der Waals surface area contributed by atoms with Crippen LogP contribution in [0.2, 0.25) is 0 Å². The van der Waals surface area contributed by atoms with Crippen LogP contribution in [0.4, 0.5) is 8.78 Å². The standard InChI is InChI=1S/C15H23F2NO3/c1-3-20-13-6-5-11(9-14(13)21-4-2)12(18)7-8-19-10-15(16)17/h5-6,9,12,15H,3-4,7-8,10,18H2,1-2H3. The zero-order valence-corrected chi connectivity index (χ0v) is 12.5. The first-order chi connectivity index (χ1) is 10.1. The monoisotopic (exact) mass is 303 g/mol. The van der Waals surface area contributed by atoms with E-state index in [1.165, 1.54) is 0 Å². The fraction of sp³-hybridized carbons (Fsp3) is 0.600. The first kappa shape index (κ1) is 17.7.